The van der Waals surface area contributed by atoms with Gasteiger partial charge in [-0.1, -0.05) is 0 Å². The Morgan fingerprint density at radius 1 is 1.05 bits per heavy atom. The van der Waals surface area contributed by atoms with Crippen molar-refractivity contribution in [2.45, 2.75) is 51.1 Å². The summed E-state index contributed by atoms with van der Waals surface area (Å²) in [5.41, 5.74) is 5.27. The van der Waals surface area contributed by atoms with Crippen LogP contribution in [0.5, 0.6) is 0 Å². The van der Waals surface area contributed by atoms with Crippen molar-refractivity contribution in [2.24, 2.45) is 5.73 Å². The van der Waals surface area contributed by atoms with Crippen LogP contribution in [0.4, 0.5) is 4.79 Å². The van der Waals surface area contributed by atoms with Crippen LogP contribution in [0.25, 0.3) is 0 Å². The van der Waals surface area contributed by atoms with Gasteiger partial charge in [-0.2, -0.15) is 0 Å². The number of carbonyl (C=O) groups is 2. The highest BCUT2D eigenvalue weighted by molar-refractivity contribution is 5.81. The van der Waals surface area contributed by atoms with Crippen LogP contribution in [0.3, 0.4) is 0 Å². The molecule has 2 aliphatic heterocycles. The number of urea groups is 1. The summed E-state index contributed by atoms with van der Waals surface area (Å²) >= 11 is 0. The highest BCUT2D eigenvalue weighted by Crippen LogP contribution is 2.13. The number of piperidine rings is 2. The number of nitrogens with one attached hydrogen (secondary N) is 1. The fraction of sp³-hybridized carbons (Fsp3) is 0.857. The zero-order valence-electron chi connectivity index (χ0n) is 12.3. The molecule has 114 valence electrons. The van der Waals surface area contributed by atoms with Gasteiger partial charge in [0.15, 0.2) is 0 Å². The Kier molecular flexibility index (Phi) is 5.23. The van der Waals surface area contributed by atoms with E-state index >= 15 is 0 Å². The van der Waals surface area contributed by atoms with Gasteiger partial charge in [0, 0.05) is 32.2 Å². The molecule has 0 aromatic rings. The van der Waals surface area contributed by atoms with Gasteiger partial charge in [0.25, 0.3) is 0 Å². The predicted molar refractivity (Wildman–Crippen MR) is 77.2 cm³/mol. The molecular weight excluding hydrogens is 256 g/mol. The molecule has 0 bridgehead atoms. The first-order chi connectivity index (χ1) is 9.58. The number of nitrogens with two attached hydrogens (primary N) is 1. The van der Waals surface area contributed by atoms with Crippen molar-refractivity contribution in [1.82, 2.24) is 15.1 Å². The summed E-state index contributed by atoms with van der Waals surface area (Å²) in [5, 5.41) is 3.41. The minimum Gasteiger partial charge on any atom is -0.351 e. The van der Waals surface area contributed by atoms with Crippen LogP contribution < -0.4 is 11.1 Å². The van der Waals surface area contributed by atoms with Gasteiger partial charge in [-0.15, -0.1) is 0 Å². The first kappa shape index (κ1) is 15.1. The third-order valence-corrected chi connectivity index (χ3v) is 4.33. The zero-order valence-corrected chi connectivity index (χ0v) is 12.3. The molecule has 2 saturated heterocycles. The van der Waals surface area contributed by atoms with Crippen LogP contribution in [0.1, 0.15) is 39.0 Å². The molecule has 3 N–H and O–H groups in total. The third-order valence-electron chi connectivity index (χ3n) is 4.33. The molecule has 20 heavy (non-hydrogen) atoms. The van der Waals surface area contributed by atoms with E-state index in [2.05, 4.69) is 5.32 Å². The first-order valence-corrected chi connectivity index (χ1v) is 7.67. The Morgan fingerprint density at radius 2 is 1.65 bits per heavy atom. The monoisotopic (exact) mass is 282 g/mol. The predicted octanol–water partition coefficient (Wildman–Crippen LogP) is 0.520. The van der Waals surface area contributed by atoms with Crippen LogP contribution in [0.15, 0.2) is 0 Å². The van der Waals surface area contributed by atoms with Gasteiger partial charge in [0.05, 0.1) is 6.04 Å². The molecule has 3 amide bonds. The second-order valence-electron chi connectivity index (χ2n) is 5.87. The fourth-order valence-electron chi connectivity index (χ4n) is 3.08. The van der Waals surface area contributed by atoms with Crippen LogP contribution in [-0.4, -0.2) is 60.0 Å². The largest absolute Gasteiger partial charge is 0.351 e. The lowest BCUT2D eigenvalue weighted by Crippen LogP contribution is -2.53. The van der Waals surface area contributed by atoms with E-state index in [1.165, 1.54) is 6.42 Å². The van der Waals surface area contributed by atoms with Gasteiger partial charge < -0.3 is 20.9 Å². The van der Waals surface area contributed by atoms with Crippen LogP contribution in [0.2, 0.25) is 0 Å². The standard InChI is InChI=1S/C14H26N4O2/c1-11(13(19)17-7-3-2-4-8-17)16-12-5-9-18(10-6-12)14(15)20/h11-12,16H,2-10H2,1H3,(H2,15,20). The van der Waals surface area contributed by atoms with Gasteiger partial charge in [-0.3, -0.25) is 4.79 Å². The van der Waals surface area contributed by atoms with Crippen molar-refractivity contribution < 1.29 is 9.59 Å². The van der Waals surface area contributed by atoms with E-state index in [-0.39, 0.29) is 18.0 Å². The minimum absolute atomic E-state index is 0.141. The summed E-state index contributed by atoms with van der Waals surface area (Å²) in [6, 6.07) is -0.187. The molecule has 0 saturated carbocycles. The topological polar surface area (TPSA) is 78.7 Å². The number of hydrogen-bond donors (Lipinski definition) is 2. The van der Waals surface area contributed by atoms with Gasteiger partial charge in [0.2, 0.25) is 5.91 Å². The lowest BCUT2D eigenvalue weighted by atomic mass is 10.0. The van der Waals surface area contributed by atoms with E-state index in [0.29, 0.717) is 19.1 Å². The fourth-order valence-corrected chi connectivity index (χ4v) is 3.08. The molecule has 0 spiro atoms. The number of primary amides is 1. The van der Waals surface area contributed by atoms with Crippen molar-refractivity contribution >= 4 is 11.9 Å². The Morgan fingerprint density at radius 3 is 2.20 bits per heavy atom. The number of nitrogens with zero attached hydrogens (tertiary/aromatic N) is 2. The second kappa shape index (κ2) is 6.92. The molecule has 2 aliphatic rings. The summed E-state index contributed by atoms with van der Waals surface area (Å²) in [5.74, 6) is 0.210. The third kappa shape index (κ3) is 3.85. The average molecular weight is 282 g/mol. The van der Waals surface area contributed by atoms with Crippen LogP contribution in [-0.2, 0) is 4.79 Å². The average Bonchev–Trinajstić information content (AvgIpc) is 2.48. The van der Waals surface area contributed by atoms with E-state index in [1.807, 2.05) is 11.8 Å². The summed E-state index contributed by atoms with van der Waals surface area (Å²) in [7, 11) is 0. The van der Waals surface area contributed by atoms with Crippen LogP contribution in [0, 0.1) is 0 Å². The molecule has 0 aromatic carbocycles. The maximum atomic E-state index is 12.3. The first-order valence-electron chi connectivity index (χ1n) is 7.67. The van der Waals surface area contributed by atoms with E-state index < -0.39 is 0 Å². The van der Waals surface area contributed by atoms with E-state index in [1.54, 1.807) is 4.90 Å². The quantitative estimate of drug-likeness (QED) is 0.792. The summed E-state index contributed by atoms with van der Waals surface area (Å²) in [6.07, 6.45) is 5.20. The molecule has 2 rings (SSSR count). The van der Waals surface area contributed by atoms with E-state index in [9.17, 15) is 9.59 Å². The lowest BCUT2D eigenvalue weighted by Gasteiger charge is -2.34. The minimum atomic E-state index is -0.346. The highest BCUT2D eigenvalue weighted by Gasteiger charge is 2.26. The van der Waals surface area contributed by atoms with Crippen molar-refractivity contribution in [1.29, 1.82) is 0 Å². The molecule has 1 atom stereocenters. The van der Waals surface area contributed by atoms with Gasteiger partial charge in [0.1, 0.15) is 0 Å². The maximum Gasteiger partial charge on any atom is 0.314 e. The number of carbonyl (C=O) groups excluding carboxylic acids is 2. The molecule has 1 unspecified atom stereocenters. The van der Waals surface area contributed by atoms with Crippen LogP contribution >= 0.6 is 0 Å². The normalized spacial score (nSPS) is 22.6. The van der Waals surface area contributed by atoms with Crippen molar-refractivity contribution in [3.05, 3.63) is 0 Å². The number of amides is 3. The number of likely N-dealkylation sites (tertiary alicyclic amines) is 2. The Balaban J connectivity index is 1.75. The number of hydrogen-bond acceptors (Lipinski definition) is 3. The van der Waals surface area contributed by atoms with Crippen molar-refractivity contribution in [3.8, 4) is 0 Å². The van der Waals surface area contributed by atoms with Crippen molar-refractivity contribution in [2.75, 3.05) is 26.2 Å². The summed E-state index contributed by atoms with van der Waals surface area (Å²) < 4.78 is 0. The smallest absolute Gasteiger partial charge is 0.314 e. The van der Waals surface area contributed by atoms with Gasteiger partial charge in [-0.25, -0.2) is 4.79 Å². The molecule has 2 fully saturated rings. The molecule has 0 aliphatic carbocycles. The molecule has 6 heteroatoms. The highest BCUT2D eigenvalue weighted by atomic mass is 16.2. The Hall–Kier alpha value is -1.30. The second-order valence-corrected chi connectivity index (χ2v) is 5.87. The molecule has 0 aromatic heterocycles. The summed E-state index contributed by atoms with van der Waals surface area (Å²) in [6.45, 7) is 5.09. The van der Waals surface area contributed by atoms with Gasteiger partial charge in [-0.05, 0) is 39.0 Å². The van der Waals surface area contributed by atoms with Crippen molar-refractivity contribution in [3.63, 3.8) is 0 Å². The molecular formula is C14H26N4O2. The van der Waals surface area contributed by atoms with Gasteiger partial charge >= 0.3 is 6.03 Å². The van der Waals surface area contributed by atoms with E-state index in [0.717, 1.165) is 38.8 Å². The Bertz CT molecular complexity index is 347. The lowest BCUT2D eigenvalue weighted by molar-refractivity contribution is -0.134. The molecule has 2 heterocycles. The zero-order chi connectivity index (χ0) is 14.5. The Labute approximate surface area is 120 Å². The molecule has 0 radical (unpaired) electrons. The SMILES string of the molecule is CC(NC1CCN(C(N)=O)CC1)C(=O)N1CCCCC1. The summed E-state index contributed by atoms with van der Waals surface area (Å²) in [4.78, 5) is 27.0. The molecule has 6 nitrogen and oxygen atoms in total. The van der Waals surface area contributed by atoms with E-state index in [4.69, 9.17) is 5.73 Å². The maximum absolute atomic E-state index is 12.3. The number of rotatable bonds is 3.